The van der Waals surface area contributed by atoms with E-state index in [0.717, 1.165) is 5.57 Å². The van der Waals surface area contributed by atoms with Crippen molar-refractivity contribution in [1.29, 1.82) is 0 Å². The zero-order valence-corrected chi connectivity index (χ0v) is 10.6. The minimum absolute atomic E-state index is 0.154. The van der Waals surface area contributed by atoms with Crippen LogP contribution in [0.25, 0.3) is 0 Å². The molecule has 0 unspecified atom stereocenters. The molecule has 18 heavy (non-hydrogen) atoms. The van der Waals surface area contributed by atoms with Crippen molar-refractivity contribution >= 4 is 0 Å². The molecule has 0 radical (unpaired) electrons. The maximum atomic E-state index is 11.2. The molecule has 1 aromatic rings. The molecule has 1 aliphatic carbocycles. The quantitative estimate of drug-likeness (QED) is 0.495. The van der Waals surface area contributed by atoms with Crippen molar-refractivity contribution in [1.82, 2.24) is 0 Å². The number of rotatable bonds is 2. The van der Waals surface area contributed by atoms with Gasteiger partial charge in [0.05, 0.1) is 5.92 Å². The van der Waals surface area contributed by atoms with Crippen LogP contribution >= 0.6 is 0 Å². The van der Waals surface area contributed by atoms with Crippen LogP contribution in [0.1, 0.15) is 38.2 Å². The van der Waals surface area contributed by atoms with E-state index in [1.54, 1.807) is 18.2 Å². The van der Waals surface area contributed by atoms with Gasteiger partial charge in [-0.2, -0.15) is 0 Å². The molecule has 0 amide bonds. The molecule has 0 saturated heterocycles. The van der Waals surface area contributed by atoms with Crippen LogP contribution < -0.4 is 0 Å². The lowest BCUT2D eigenvalue weighted by Crippen LogP contribution is -2.31. The minimum Gasteiger partial charge on any atom is -0.508 e. The van der Waals surface area contributed by atoms with Crippen LogP contribution in [0.5, 0.6) is 5.75 Å². The molecule has 0 aliphatic heterocycles. The topological polar surface area (TPSA) is 63.4 Å². The number of phenols is 1. The first-order valence-corrected chi connectivity index (χ1v) is 6.07. The highest BCUT2D eigenvalue weighted by Crippen LogP contribution is 2.40. The molecule has 0 aromatic heterocycles. The predicted molar refractivity (Wildman–Crippen MR) is 69.2 cm³/mol. The molecule has 1 aliphatic rings. The second kappa shape index (κ2) is 4.80. The summed E-state index contributed by atoms with van der Waals surface area (Å²) >= 11 is 0. The summed E-state index contributed by atoms with van der Waals surface area (Å²) in [5.74, 6) is -0.0772. The standard InChI is InChI=1S/C14H17NO3/c1-9-7-12(11-5-3-4-6-14(11)16)13(15(17)18)8-10(9)2/h3-6,12-13,16H,7-8H2,1-2H3/t12-,13+/m0/s1. The van der Waals surface area contributed by atoms with E-state index in [-0.39, 0.29) is 16.6 Å². The van der Waals surface area contributed by atoms with Gasteiger partial charge in [0.25, 0.3) is 0 Å². The van der Waals surface area contributed by atoms with Crippen molar-refractivity contribution in [2.24, 2.45) is 0 Å². The van der Waals surface area contributed by atoms with Crippen molar-refractivity contribution in [2.45, 2.75) is 38.6 Å². The van der Waals surface area contributed by atoms with Crippen LogP contribution in [-0.2, 0) is 0 Å². The summed E-state index contributed by atoms with van der Waals surface area (Å²) in [7, 11) is 0. The number of para-hydroxylation sites is 1. The highest BCUT2D eigenvalue weighted by atomic mass is 16.6. The maximum Gasteiger partial charge on any atom is 0.224 e. The van der Waals surface area contributed by atoms with E-state index in [1.165, 1.54) is 5.57 Å². The summed E-state index contributed by atoms with van der Waals surface area (Å²) < 4.78 is 0. The van der Waals surface area contributed by atoms with Crippen LogP contribution in [0.3, 0.4) is 0 Å². The normalized spacial score (nSPS) is 24.1. The highest BCUT2D eigenvalue weighted by molar-refractivity contribution is 5.38. The smallest absolute Gasteiger partial charge is 0.224 e. The summed E-state index contributed by atoms with van der Waals surface area (Å²) in [6.07, 6.45) is 1.12. The van der Waals surface area contributed by atoms with E-state index < -0.39 is 6.04 Å². The fourth-order valence-electron chi connectivity index (χ4n) is 2.61. The Hall–Kier alpha value is -1.84. The van der Waals surface area contributed by atoms with Gasteiger partial charge in [0.2, 0.25) is 6.04 Å². The third kappa shape index (κ3) is 2.23. The number of aromatic hydroxyl groups is 1. The molecule has 0 saturated carbocycles. The molecule has 0 heterocycles. The Labute approximate surface area is 106 Å². The molecule has 1 aromatic carbocycles. The van der Waals surface area contributed by atoms with Crippen molar-refractivity contribution < 1.29 is 10.0 Å². The molecule has 96 valence electrons. The molecular formula is C14H17NO3. The number of nitro groups is 1. The van der Waals surface area contributed by atoms with Gasteiger partial charge in [-0.15, -0.1) is 0 Å². The molecule has 4 nitrogen and oxygen atoms in total. The van der Waals surface area contributed by atoms with E-state index in [9.17, 15) is 15.2 Å². The van der Waals surface area contributed by atoms with Gasteiger partial charge in [-0.3, -0.25) is 10.1 Å². The van der Waals surface area contributed by atoms with Crippen LogP contribution in [0, 0.1) is 10.1 Å². The van der Waals surface area contributed by atoms with Gasteiger partial charge >= 0.3 is 0 Å². The predicted octanol–water partition coefficient (Wildman–Crippen LogP) is 3.25. The summed E-state index contributed by atoms with van der Waals surface area (Å²) in [5.41, 5.74) is 2.98. The number of phenolic OH excluding ortho intramolecular Hbond substituents is 1. The van der Waals surface area contributed by atoms with E-state index in [4.69, 9.17) is 0 Å². The number of benzene rings is 1. The second-order valence-electron chi connectivity index (χ2n) is 4.99. The minimum atomic E-state index is -0.637. The van der Waals surface area contributed by atoms with Gasteiger partial charge < -0.3 is 5.11 Å². The summed E-state index contributed by atoms with van der Waals surface area (Å²) in [6, 6.07) is 6.28. The molecule has 0 spiro atoms. The lowest BCUT2D eigenvalue weighted by molar-refractivity contribution is -0.527. The molecule has 0 bridgehead atoms. The average Bonchev–Trinajstić information content (AvgIpc) is 2.32. The Morgan fingerprint density at radius 3 is 2.44 bits per heavy atom. The largest absolute Gasteiger partial charge is 0.508 e. The summed E-state index contributed by atoms with van der Waals surface area (Å²) in [5, 5.41) is 21.1. The average molecular weight is 247 g/mol. The zero-order valence-electron chi connectivity index (χ0n) is 10.6. The van der Waals surface area contributed by atoms with E-state index in [2.05, 4.69) is 0 Å². The Morgan fingerprint density at radius 2 is 1.83 bits per heavy atom. The fourth-order valence-corrected chi connectivity index (χ4v) is 2.61. The van der Waals surface area contributed by atoms with Crippen LogP contribution in [0.4, 0.5) is 0 Å². The van der Waals surface area contributed by atoms with Crippen molar-refractivity contribution in [2.75, 3.05) is 0 Å². The van der Waals surface area contributed by atoms with E-state index >= 15 is 0 Å². The fraction of sp³-hybridized carbons (Fsp3) is 0.429. The second-order valence-corrected chi connectivity index (χ2v) is 4.99. The Bertz CT molecular complexity index is 508. The Balaban J connectivity index is 2.42. The van der Waals surface area contributed by atoms with E-state index in [0.29, 0.717) is 18.4 Å². The molecule has 2 atom stereocenters. The SMILES string of the molecule is CC1=C(C)C[C@@H](c2ccccc2O)[C@H]([N+](=O)[O-])C1. The molecule has 2 rings (SSSR count). The number of hydrogen-bond acceptors (Lipinski definition) is 3. The first-order chi connectivity index (χ1) is 8.50. The van der Waals surface area contributed by atoms with Gasteiger partial charge in [-0.1, -0.05) is 29.3 Å². The lowest BCUT2D eigenvalue weighted by atomic mass is 9.77. The molecule has 4 heteroatoms. The van der Waals surface area contributed by atoms with Gasteiger partial charge in [-0.25, -0.2) is 0 Å². The van der Waals surface area contributed by atoms with Gasteiger partial charge in [0.1, 0.15) is 5.75 Å². The summed E-state index contributed by atoms with van der Waals surface area (Å²) in [4.78, 5) is 11.0. The van der Waals surface area contributed by atoms with Gasteiger partial charge in [0.15, 0.2) is 0 Å². The van der Waals surface area contributed by atoms with Crippen LogP contribution in [0.2, 0.25) is 0 Å². The number of allylic oxidation sites excluding steroid dienone is 1. The third-order valence-corrected chi connectivity index (χ3v) is 3.84. The maximum absolute atomic E-state index is 11.2. The lowest BCUT2D eigenvalue weighted by Gasteiger charge is -2.28. The van der Waals surface area contributed by atoms with Crippen molar-refractivity contribution in [3.63, 3.8) is 0 Å². The highest BCUT2D eigenvalue weighted by Gasteiger charge is 2.37. The molecular weight excluding hydrogens is 230 g/mol. The van der Waals surface area contributed by atoms with Crippen LogP contribution in [0.15, 0.2) is 35.4 Å². The molecule has 0 fully saturated rings. The van der Waals surface area contributed by atoms with Crippen molar-refractivity contribution in [3.8, 4) is 5.75 Å². The Morgan fingerprint density at radius 1 is 1.22 bits per heavy atom. The third-order valence-electron chi connectivity index (χ3n) is 3.84. The monoisotopic (exact) mass is 247 g/mol. The zero-order chi connectivity index (χ0) is 13.3. The first kappa shape index (κ1) is 12.6. The number of hydrogen-bond donors (Lipinski definition) is 1. The van der Waals surface area contributed by atoms with Crippen molar-refractivity contribution in [3.05, 3.63) is 51.1 Å². The summed E-state index contributed by atoms with van der Waals surface area (Å²) in [6.45, 7) is 3.96. The van der Waals surface area contributed by atoms with Gasteiger partial charge in [0, 0.05) is 16.9 Å². The first-order valence-electron chi connectivity index (χ1n) is 6.07. The van der Waals surface area contributed by atoms with Crippen LogP contribution in [-0.4, -0.2) is 16.1 Å². The Kier molecular flexibility index (Phi) is 3.36. The van der Waals surface area contributed by atoms with Gasteiger partial charge in [-0.05, 0) is 26.3 Å². The molecule has 1 N–H and O–H groups in total. The van der Waals surface area contributed by atoms with E-state index in [1.807, 2.05) is 19.9 Å². The number of nitrogens with zero attached hydrogens (tertiary/aromatic N) is 1.